The SMILES string of the molecule is Cn1cc(Sc2ccccc2C(=N)N)cn1. The van der Waals surface area contributed by atoms with Crippen molar-refractivity contribution in [2.45, 2.75) is 9.79 Å². The molecule has 0 atom stereocenters. The molecule has 0 unspecified atom stereocenters. The first-order valence-electron chi connectivity index (χ1n) is 4.77. The van der Waals surface area contributed by atoms with Gasteiger partial charge in [-0.15, -0.1) is 0 Å². The van der Waals surface area contributed by atoms with Crippen LogP contribution >= 0.6 is 11.8 Å². The second-order valence-corrected chi connectivity index (χ2v) is 4.48. The second-order valence-electron chi connectivity index (χ2n) is 3.36. The van der Waals surface area contributed by atoms with Crippen molar-refractivity contribution in [3.05, 3.63) is 42.2 Å². The van der Waals surface area contributed by atoms with Crippen molar-refractivity contribution in [3.63, 3.8) is 0 Å². The van der Waals surface area contributed by atoms with E-state index in [9.17, 15) is 0 Å². The van der Waals surface area contributed by atoms with Gasteiger partial charge in [-0.1, -0.05) is 30.0 Å². The smallest absolute Gasteiger partial charge is 0.123 e. The maximum atomic E-state index is 7.49. The topological polar surface area (TPSA) is 67.7 Å². The summed E-state index contributed by atoms with van der Waals surface area (Å²) in [5, 5.41) is 11.6. The van der Waals surface area contributed by atoms with E-state index in [4.69, 9.17) is 11.1 Å². The minimum absolute atomic E-state index is 0.0898. The van der Waals surface area contributed by atoms with Crippen molar-refractivity contribution in [2.75, 3.05) is 0 Å². The van der Waals surface area contributed by atoms with Gasteiger partial charge in [0.2, 0.25) is 0 Å². The fraction of sp³-hybridized carbons (Fsp3) is 0.0909. The minimum Gasteiger partial charge on any atom is -0.384 e. The monoisotopic (exact) mass is 232 g/mol. The first-order chi connectivity index (χ1) is 7.66. The predicted molar refractivity (Wildman–Crippen MR) is 64.8 cm³/mol. The van der Waals surface area contributed by atoms with Gasteiger partial charge in [0.15, 0.2) is 0 Å². The molecule has 82 valence electrons. The summed E-state index contributed by atoms with van der Waals surface area (Å²) in [4.78, 5) is 2.01. The highest BCUT2D eigenvalue weighted by Crippen LogP contribution is 2.29. The van der Waals surface area contributed by atoms with Crippen molar-refractivity contribution in [1.82, 2.24) is 9.78 Å². The van der Waals surface area contributed by atoms with Crippen LogP contribution in [0, 0.1) is 5.41 Å². The Kier molecular flexibility index (Phi) is 2.96. The van der Waals surface area contributed by atoms with Crippen molar-refractivity contribution >= 4 is 17.6 Å². The molecule has 16 heavy (non-hydrogen) atoms. The number of aromatic nitrogens is 2. The molecular weight excluding hydrogens is 220 g/mol. The number of benzene rings is 1. The van der Waals surface area contributed by atoms with Crippen molar-refractivity contribution in [3.8, 4) is 0 Å². The molecule has 0 bridgehead atoms. The average molecular weight is 232 g/mol. The van der Waals surface area contributed by atoms with E-state index in [1.54, 1.807) is 22.6 Å². The molecule has 0 saturated heterocycles. The molecule has 0 radical (unpaired) electrons. The summed E-state index contributed by atoms with van der Waals surface area (Å²) in [6.07, 6.45) is 3.73. The highest BCUT2D eigenvalue weighted by molar-refractivity contribution is 7.99. The lowest BCUT2D eigenvalue weighted by Gasteiger charge is -2.05. The third kappa shape index (κ3) is 2.25. The Hall–Kier alpha value is -1.75. The normalized spacial score (nSPS) is 10.3. The van der Waals surface area contributed by atoms with Gasteiger partial charge in [-0.25, -0.2) is 0 Å². The number of hydrogen-bond acceptors (Lipinski definition) is 3. The first-order valence-corrected chi connectivity index (χ1v) is 5.58. The Labute approximate surface area is 98.0 Å². The number of rotatable bonds is 3. The highest BCUT2D eigenvalue weighted by atomic mass is 32.2. The van der Waals surface area contributed by atoms with Gasteiger partial charge in [0.05, 0.1) is 11.1 Å². The summed E-state index contributed by atoms with van der Waals surface area (Å²) < 4.78 is 1.75. The average Bonchev–Trinajstić information content (AvgIpc) is 2.64. The quantitative estimate of drug-likeness (QED) is 0.627. The molecule has 0 saturated carbocycles. The van der Waals surface area contributed by atoms with E-state index < -0.39 is 0 Å². The molecule has 2 rings (SSSR count). The summed E-state index contributed by atoms with van der Waals surface area (Å²) in [5.41, 5.74) is 6.28. The first kappa shape index (κ1) is 10.8. The van der Waals surface area contributed by atoms with E-state index in [0.717, 1.165) is 15.4 Å². The van der Waals surface area contributed by atoms with Crippen LogP contribution in [0.25, 0.3) is 0 Å². The van der Waals surface area contributed by atoms with Crippen LogP contribution in [-0.2, 0) is 7.05 Å². The third-order valence-electron chi connectivity index (χ3n) is 2.09. The van der Waals surface area contributed by atoms with E-state index >= 15 is 0 Å². The fourth-order valence-electron chi connectivity index (χ4n) is 1.36. The number of aryl methyl sites for hydroxylation is 1. The molecule has 3 N–H and O–H groups in total. The summed E-state index contributed by atoms with van der Waals surface area (Å²) >= 11 is 1.56. The predicted octanol–water partition coefficient (Wildman–Crippen LogP) is 1.86. The van der Waals surface area contributed by atoms with E-state index in [1.165, 1.54) is 0 Å². The van der Waals surface area contributed by atoms with Gasteiger partial charge < -0.3 is 5.73 Å². The zero-order valence-corrected chi connectivity index (χ0v) is 9.66. The highest BCUT2D eigenvalue weighted by Gasteiger charge is 2.06. The molecule has 0 aliphatic heterocycles. The molecule has 0 spiro atoms. The Bertz CT molecular complexity index is 518. The lowest BCUT2D eigenvalue weighted by molar-refractivity contribution is 0.766. The second kappa shape index (κ2) is 4.40. The van der Waals surface area contributed by atoms with Crippen LogP contribution in [0.5, 0.6) is 0 Å². The van der Waals surface area contributed by atoms with Crippen LogP contribution < -0.4 is 5.73 Å². The third-order valence-corrected chi connectivity index (χ3v) is 3.11. The zero-order valence-electron chi connectivity index (χ0n) is 8.84. The Morgan fingerprint density at radius 2 is 2.19 bits per heavy atom. The van der Waals surface area contributed by atoms with Crippen molar-refractivity contribution in [2.24, 2.45) is 12.8 Å². The van der Waals surface area contributed by atoms with Crippen LogP contribution in [0.2, 0.25) is 0 Å². The van der Waals surface area contributed by atoms with Gasteiger partial charge in [-0.05, 0) is 6.07 Å². The van der Waals surface area contributed by atoms with E-state index in [2.05, 4.69) is 5.10 Å². The molecule has 4 nitrogen and oxygen atoms in total. The molecule has 2 aromatic rings. The summed E-state index contributed by atoms with van der Waals surface area (Å²) in [7, 11) is 1.88. The van der Waals surface area contributed by atoms with Crippen LogP contribution in [0.4, 0.5) is 0 Å². The zero-order chi connectivity index (χ0) is 11.5. The molecule has 0 amide bonds. The number of amidine groups is 1. The van der Waals surface area contributed by atoms with E-state index in [1.807, 2.05) is 37.5 Å². The Morgan fingerprint density at radius 3 is 2.81 bits per heavy atom. The number of nitrogens with two attached hydrogens (primary N) is 1. The van der Waals surface area contributed by atoms with Gasteiger partial charge >= 0.3 is 0 Å². The molecular formula is C11H12N4S. The lowest BCUT2D eigenvalue weighted by Crippen LogP contribution is -2.11. The summed E-state index contributed by atoms with van der Waals surface area (Å²) in [6, 6.07) is 7.62. The molecule has 0 aliphatic rings. The molecule has 1 aromatic carbocycles. The molecule has 0 fully saturated rings. The van der Waals surface area contributed by atoms with Gasteiger partial charge in [-0.2, -0.15) is 5.10 Å². The van der Waals surface area contributed by atoms with Gasteiger partial charge in [0.1, 0.15) is 5.84 Å². The van der Waals surface area contributed by atoms with Gasteiger partial charge in [0.25, 0.3) is 0 Å². The van der Waals surface area contributed by atoms with Gasteiger partial charge in [-0.3, -0.25) is 10.1 Å². The van der Waals surface area contributed by atoms with Crippen LogP contribution in [0.1, 0.15) is 5.56 Å². The van der Waals surface area contributed by atoms with Crippen LogP contribution in [-0.4, -0.2) is 15.6 Å². The Balaban J connectivity index is 2.31. The number of nitrogens with zero attached hydrogens (tertiary/aromatic N) is 2. The standard InChI is InChI=1S/C11H12N4S/c1-15-7-8(6-14-15)16-10-5-3-2-4-9(10)11(12)13/h2-7H,1H3,(H3,12,13). The fourth-order valence-corrected chi connectivity index (χ4v) is 2.35. The number of hydrogen-bond donors (Lipinski definition) is 2. The molecule has 1 aromatic heterocycles. The van der Waals surface area contributed by atoms with Crippen LogP contribution in [0.15, 0.2) is 46.5 Å². The van der Waals surface area contributed by atoms with Gasteiger partial charge in [0, 0.05) is 23.7 Å². The largest absolute Gasteiger partial charge is 0.384 e. The Morgan fingerprint density at radius 1 is 1.44 bits per heavy atom. The van der Waals surface area contributed by atoms with E-state index in [0.29, 0.717) is 0 Å². The van der Waals surface area contributed by atoms with Crippen molar-refractivity contribution < 1.29 is 0 Å². The van der Waals surface area contributed by atoms with E-state index in [-0.39, 0.29) is 5.84 Å². The minimum atomic E-state index is 0.0898. The number of nitrogens with one attached hydrogen (secondary N) is 1. The summed E-state index contributed by atoms with van der Waals surface area (Å²) in [6.45, 7) is 0. The summed E-state index contributed by atoms with van der Waals surface area (Å²) in [5.74, 6) is 0.0898. The lowest BCUT2D eigenvalue weighted by atomic mass is 10.2. The maximum Gasteiger partial charge on any atom is 0.123 e. The molecule has 1 heterocycles. The number of nitrogen functional groups attached to an aromatic ring is 1. The van der Waals surface area contributed by atoms with Crippen molar-refractivity contribution in [1.29, 1.82) is 5.41 Å². The molecule has 0 aliphatic carbocycles. The van der Waals surface area contributed by atoms with Crippen LogP contribution in [0.3, 0.4) is 0 Å². The maximum absolute atomic E-state index is 7.49. The molecule has 5 heteroatoms.